The van der Waals surface area contributed by atoms with E-state index in [0.29, 0.717) is 11.6 Å². The summed E-state index contributed by atoms with van der Waals surface area (Å²) in [6.45, 7) is 6.38. The van der Waals surface area contributed by atoms with Crippen molar-refractivity contribution in [3.63, 3.8) is 0 Å². The molecule has 0 saturated heterocycles. The molecule has 0 aliphatic rings. The van der Waals surface area contributed by atoms with Crippen LogP contribution >= 0.6 is 0 Å². The molecule has 15 heavy (non-hydrogen) atoms. The van der Waals surface area contributed by atoms with Gasteiger partial charge in [0.25, 0.3) is 0 Å². The maximum Gasteiger partial charge on any atom is 0.195 e. The summed E-state index contributed by atoms with van der Waals surface area (Å²) in [4.78, 5) is 15.8. The number of hydrogen-bond acceptors (Lipinski definition) is 3. The third-order valence-electron chi connectivity index (χ3n) is 2.13. The summed E-state index contributed by atoms with van der Waals surface area (Å²) >= 11 is 0. The molecule has 2 aromatic rings. The van der Waals surface area contributed by atoms with E-state index < -0.39 is 0 Å². The topological polar surface area (TPSA) is 54.5 Å². The van der Waals surface area contributed by atoms with E-state index in [9.17, 15) is 0 Å². The molecular weight excluding hydrogens is 188 g/mol. The van der Waals surface area contributed by atoms with Gasteiger partial charge in [0.05, 0.1) is 0 Å². The van der Waals surface area contributed by atoms with Gasteiger partial charge < -0.3 is 4.98 Å². The first-order valence-electron chi connectivity index (χ1n) is 4.90. The number of H-pyrrole nitrogens is 1. The Balaban J connectivity index is 2.44. The summed E-state index contributed by atoms with van der Waals surface area (Å²) in [5.74, 6) is 1.36. The Morgan fingerprint density at radius 1 is 1.13 bits per heavy atom. The lowest BCUT2D eigenvalue weighted by Gasteiger charge is -2.17. The van der Waals surface area contributed by atoms with Gasteiger partial charge in [0.1, 0.15) is 0 Å². The Hall–Kier alpha value is -1.71. The van der Waals surface area contributed by atoms with Crippen molar-refractivity contribution in [1.82, 2.24) is 19.9 Å². The first-order chi connectivity index (χ1) is 7.07. The average Bonchev–Trinajstić information content (AvgIpc) is 2.69. The lowest BCUT2D eigenvalue weighted by Crippen LogP contribution is -2.14. The average molecular weight is 202 g/mol. The van der Waals surface area contributed by atoms with Crippen LogP contribution in [0.2, 0.25) is 0 Å². The van der Waals surface area contributed by atoms with Crippen LogP contribution in [0, 0.1) is 0 Å². The zero-order chi connectivity index (χ0) is 10.9. The molecular formula is C11H14N4. The number of aromatic amines is 1. The van der Waals surface area contributed by atoms with Crippen molar-refractivity contribution in [3.8, 4) is 11.6 Å². The monoisotopic (exact) mass is 202 g/mol. The lowest BCUT2D eigenvalue weighted by atomic mass is 9.92. The van der Waals surface area contributed by atoms with Crippen molar-refractivity contribution in [2.75, 3.05) is 0 Å². The van der Waals surface area contributed by atoms with Gasteiger partial charge >= 0.3 is 0 Å². The van der Waals surface area contributed by atoms with Gasteiger partial charge in [0.15, 0.2) is 11.6 Å². The second-order valence-electron chi connectivity index (χ2n) is 4.45. The molecule has 0 radical (unpaired) electrons. The molecule has 0 spiro atoms. The normalized spacial score (nSPS) is 11.7. The second-order valence-corrected chi connectivity index (χ2v) is 4.45. The molecule has 0 fully saturated rings. The highest BCUT2D eigenvalue weighted by Gasteiger charge is 2.16. The summed E-state index contributed by atoms with van der Waals surface area (Å²) in [5.41, 5.74) is 1.05. The highest BCUT2D eigenvalue weighted by Crippen LogP contribution is 2.20. The summed E-state index contributed by atoms with van der Waals surface area (Å²) in [6.07, 6.45) is 5.23. The van der Waals surface area contributed by atoms with Crippen molar-refractivity contribution in [3.05, 3.63) is 30.4 Å². The molecule has 0 aromatic carbocycles. The quantitative estimate of drug-likeness (QED) is 0.771. The van der Waals surface area contributed by atoms with Crippen LogP contribution < -0.4 is 0 Å². The Morgan fingerprint density at radius 2 is 1.93 bits per heavy atom. The number of hydrogen-bond donors (Lipinski definition) is 1. The van der Waals surface area contributed by atoms with E-state index in [4.69, 9.17) is 0 Å². The standard InChI is InChI=1S/C11H14N4/c1-11(2,3)8-4-5-12-10(15-8)9-13-6-7-14-9/h4-7H,1-3H3,(H,13,14). The minimum absolute atomic E-state index is 0.0320. The number of aromatic nitrogens is 4. The van der Waals surface area contributed by atoms with Crippen LogP contribution in [0.3, 0.4) is 0 Å². The van der Waals surface area contributed by atoms with Crippen molar-refractivity contribution in [2.45, 2.75) is 26.2 Å². The molecule has 0 saturated carbocycles. The maximum absolute atomic E-state index is 4.48. The van der Waals surface area contributed by atoms with Crippen molar-refractivity contribution < 1.29 is 0 Å². The molecule has 2 aromatic heterocycles. The fourth-order valence-electron chi connectivity index (χ4n) is 1.28. The van der Waals surface area contributed by atoms with Crippen LogP contribution in [0.1, 0.15) is 26.5 Å². The van der Waals surface area contributed by atoms with Gasteiger partial charge in [-0.3, -0.25) is 0 Å². The minimum atomic E-state index is 0.0320. The predicted molar refractivity (Wildman–Crippen MR) is 58.3 cm³/mol. The Bertz CT molecular complexity index is 440. The Kier molecular flexibility index (Phi) is 2.26. The highest BCUT2D eigenvalue weighted by molar-refractivity contribution is 5.42. The van der Waals surface area contributed by atoms with Crippen LogP contribution in [0.4, 0.5) is 0 Å². The van der Waals surface area contributed by atoms with Gasteiger partial charge in [0.2, 0.25) is 0 Å². The van der Waals surface area contributed by atoms with Gasteiger partial charge in [0, 0.05) is 29.7 Å². The van der Waals surface area contributed by atoms with Crippen LogP contribution in [-0.2, 0) is 5.41 Å². The van der Waals surface area contributed by atoms with Crippen molar-refractivity contribution in [2.24, 2.45) is 0 Å². The summed E-state index contributed by atoms with van der Waals surface area (Å²) in [5, 5.41) is 0. The van der Waals surface area contributed by atoms with Gasteiger partial charge in [-0.2, -0.15) is 0 Å². The zero-order valence-electron chi connectivity index (χ0n) is 9.15. The van der Waals surface area contributed by atoms with Gasteiger partial charge in [-0.25, -0.2) is 15.0 Å². The summed E-state index contributed by atoms with van der Waals surface area (Å²) < 4.78 is 0. The molecule has 0 aliphatic carbocycles. The first-order valence-corrected chi connectivity index (χ1v) is 4.90. The summed E-state index contributed by atoms with van der Waals surface area (Å²) in [7, 11) is 0. The molecule has 4 nitrogen and oxygen atoms in total. The molecule has 0 amide bonds. The Labute approximate surface area is 88.8 Å². The molecule has 4 heteroatoms. The number of rotatable bonds is 1. The Morgan fingerprint density at radius 3 is 2.53 bits per heavy atom. The first kappa shape index (κ1) is 9.83. The van der Waals surface area contributed by atoms with Gasteiger partial charge in [-0.15, -0.1) is 0 Å². The zero-order valence-corrected chi connectivity index (χ0v) is 9.15. The molecule has 1 N–H and O–H groups in total. The SMILES string of the molecule is CC(C)(C)c1ccnc(-c2ncc[nH]2)n1. The van der Waals surface area contributed by atoms with E-state index in [1.807, 2.05) is 6.07 Å². The van der Waals surface area contributed by atoms with Crippen LogP contribution in [-0.4, -0.2) is 19.9 Å². The molecule has 0 aliphatic heterocycles. The molecule has 0 unspecified atom stereocenters. The highest BCUT2D eigenvalue weighted by atomic mass is 15.0. The minimum Gasteiger partial charge on any atom is -0.342 e. The molecule has 0 atom stereocenters. The number of nitrogens with zero attached hydrogens (tertiary/aromatic N) is 3. The maximum atomic E-state index is 4.48. The predicted octanol–water partition coefficient (Wildman–Crippen LogP) is 2.16. The third kappa shape index (κ3) is 2.03. The van der Waals surface area contributed by atoms with E-state index in [1.54, 1.807) is 18.6 Å². The fourth-order valence-corrected chi connectivity index (χ4v) is 1.28. The number of imidazole rings is 1. The number of nitrogens with one attached hydrogen (secondary N) is 1. The van der Waals surface area contributed by atoms with E-state index in [-0.39, 0.29) is 5.41 Å². The van der Waals surface area contributed by atoms with Crippen LogP contribution in [0.25, 0.3) is 11.6 Å². The molecule has 2 heterocycles. The lowest BCUT2D eigenvalue weighted by molar-refractivity contribution is 0.567. The van der Waals surface area contributed by atoms with E-state index in [0.717, 1.165) is 5.69 Å². The molecule has 2 rings (SSSR count). The smallest absolute Gasteiger partial charge is 0.195 e. The van der Waals surface area contributed by atoms with Gasteiger partial charge in [-0.05, 0) is 6.07 Å². The molecule has 0 bridgehead atoms. The molecule has 78 valence electrons. The van der Waals surface area contributed by atoms with Crippen molar-refractivity contribution >= 4 is 0 Å². The van der Waals surface area contributed by atoms with E-state index in [1.165, 1.54) is 0 Å². The van der Waals surface area contributed by atoms with Crippen LogP contribution in [0.15, 0.2) is 24.7 Å². The fraction of sp³-hybridized carbons (Fsp3) is 0.364. The van der Waals surface area contributed by atoms with Crippen LogP contribution in [0.5, 0.6) is 0 Å². The van der Waals surface area contributed by atoms with E-state index >= 15 is 0 Å². The second kappa shape index (κ2) is 3.46. The van der Waals surface area contributed by atoms with Crippen molar-refractivity contribution in [1.29, 1.82) is 0 Å². The third-order valence-corrected chi connectivity index (χ3v) is 2.13. The largest absolute Gasteiger partial charge is 0.342 e. The van der Waals surface area contributed by atoms with Gasteiger partial charge in [-0.1, -0.05) is 20.8 Å². The van der Waals surface area contributed by atoms with E-state index in [2.05, 4.69) is 40.7 Å². The summed E-state index contributed by atoms with van der Waals surface area (Å²) in [6, 6.07) is 1.94.